The van der Waals surface area contributed by atoms with E-state index in [2.05, 4.69) is 5.32 Å². The molecule has 0 saturated carbocycles. The summed E-state index contributed by atoms with van der Waals surface area (Å²) in [4.78, 5) is 11.8. The molecule has 1 amide bonds. The van der Waals surface area contributed by atoms with Crippen LogP contribution in [0.4, 0.5) is 5.69 Å². The molecule has 0 bridgehead atoms. The average Bonchev–Trinajstić information content (AvgIpc) is 2.11. The number of halogens is 3. The van der Waals surface area contributed by atoms with Crippen molar-refractivity contribution in [3.05, 3.63) is 27.2 Å². The van der Waals surface area contributed by atoms with Gasteiger partial charge in [0, 0.05) is 10.4 Å². The molecule has 1 rings (SSSR count). The summed E-state index contributed by atoms with van der Waals surface area (Å²) < 4.78 is 0. The van der Waals surface area contributed by atoms with Crippen molar-refractivity contribution in [2.75, 3.05) is 5.32 Å². The summed E-state index contributed by atoms with van der Waals surface area (Å²) in [5.41, 5.74) is -0.0721. The fourth-order valence-corrected chi connectivity index (χ4v) is 1.61. The van der Waals surface area contributed by atoms with Crippen molar-refractivity contribution in [3.63, 3.8) is 0 Å². The predicted molar refractivity (Wildman–Crippen MR) is 69.6 cm³/mol. The molecule has 0 radical (unpaired) electrons. The lowest BCUT2D eigenvalue weighted by Crippen LogP contribution is -2.27. The molecule has 5 heteroatoms. The molecular formula is C11H12Cl3NO. The summed E-state index contributed by atoms with van der Waals surface area (Å²) in [6.45, 7) is 5.42. The van der Waals surface area contributed by atoms with Crippen LogP contribution in [0.2, 0.25) is 15.1 Å². The Kier molecular flexibility index (Phi) is 4.11. The van der Waals surface area contributed by atoms with Crippen molar-refractivity contribution in [2.24, 2.45) is 5.41 Å². The second-order valence-corrected chi connectivity index (χ2v) is 5.67. The predicted octanol–water partition coefficient (Wildman–Crippen LogP) is 4.63. The van der Waals surface area contributed by atoms with E-state index in [1.54, 1.807) is 6.07 Å². The minimum atomic E-state index is -0.502. The smallest absolute Gasteiger partial charge is 0.229 e. The van der Waals surface area contributed by atoms with Crippen LogP contribution in [0.25, 0.3) is 0 Å². The van der Waals surface area contributed by atoms with Crippen LogP contribution >= 0.6 is 34.8 Å². The number of carbonyl (C=O) groups excluding carboxylic acids is 1. The normalized spacial score (nSPS) is 11.4. The van der Waals surface area contributed by atoms with Crippen molar-refractivity contribution in [2.45, 2.75) is 20.8 Å². The van der Waals surface area contributed by atoms with Gasteiger partial charge in [-0.1, -0.05) is 55.6 Å². The minimum Gasteiger partial charge on any atom is -0.324 e. The van der Waals surface area contributed by atoms with E-state index in [0.717, 1.165) is 0 Å². The molecule has 1 aromatic rings. The minimum absolute atomic E-state index is 0.146. The first-order valence-electron chi connectivity index (χ1n) is 4.68. The van der Waals surface area contributed by atoms with Crippen molar-refractivity contribution in [1.82, 2.24) is 0 Å². The Morgan fingerprint density at radius 1 is 1.19 bits per heavy atom. The second-order valence-electron chi connectivity index (χ2n) is 4.45. The highest BCUT2D eigenvalue weighted by molar-refractivity contribution is 6.45. The van der Waals surface area contributed by atoms with Crippen molar-refractivity contribution < 1.29 is 4.79 Å². The van der Waals surface area contributed by atoms with Crippen LogP contribution in [-0.2, 0) is 4.79 Å². The van der Waals surface area contributed by atoms with Gasteiger partial charge in [-0.05, 0) is 12.1 Å². The maximum Gasteiger partial charge on any atom is 0.229 e. The fraction of sp³-hybridized carbons (Fsp3) is 0.364. The van der Waals surface area contributed by atoms with Crippen LogP contribution in [-0.4, -0.2) is 5.91 Å². The monoisotopic (exact) mass is 279 g/mol. The Labute approximate surface area is 110 Å². The van der Waals surface area contributed by atoms with Crippen molar-refractivity contribution in [3.8, 4) is 0 Å². The molecule has 0 saturated heterocycles. The van der Waals surface area contributed by atoms with Gasteiger partial charge in [0.2, 0.25) is 5.91 Å². The molecule has 0 aliphatic rings. The third-order valence-electron chi connectivity index (χ3n) is 1.92. The maximum absolute atomic E-state index is 11.8. The summed E-state index contributed by atoms with van der Waals surface area (Å²) in [5.74, 6) is -0.146. The zero-order valence-electron chi connectivity index (χ0n) is 9.20. The van der Waals surface area contributed by atoms with Gasteiger partial charge in [0.05, 0.1) is 15.7 Å². The lowest BCUT2D eigenvalue weighted by atomic mass is 9.95. The van der Waals surface area contributed by atoms with E-state index < -0.39 is 5.41 Å². The molecule has 0 unspecified atom stereocenters. The number of hydrogen-bond acceptors (Lipinski definition) is 1. The maximum atomic E-state index is 11.8. The number of carbonyl (C=O) groups is 1. The van der Waals surface area contributed by atoms with Crippen LogP contribution < -0.4 is 5.32 Å². The van der Waals surface area contributed by atoms with Crippen LogP contribution in [0.1, 0.15) is 20.8 Å². The lowest BCUT2D eigenvalue weighted by molar-refractivity contribution is -0.123. The highest BCUT2D eigenvalue weighted by Gasteiger charge is 2.22. The van der Waals surface area contributed by atoms with Crippen molar-refractivity contribution in [1.29, 1.82) is 0 Å². The number of anilines is 1. The third-order valence-corrected chi connectivity index (χ3v) is 2.94. The third kappa shape index (κ3) is 3.27. The molecule has 1 aromatic carbocycles. The van der Waals surface area contributed by atoms with Gasteiger partial charge in [0.25, 0.3) is 0 Å². The Bertz CT molecular complexity index is 424. The van der Waals surface area contributed by atoms with Crippen LogP contribution in [0.5, 0.6) is 0 Å². The fourth-order valence-electron chi connectivity index (χ4n) is 0.957. The largest absolute Gasteiger partial charge is 0.324 e. The van der Waals surface area contributed by atoms with Crippen LogP contribution in [0.3, 0.4) is 0 Å². The van der Waals surface area contributed by atoms with Gasteiger partial charge >= 0.3 is 0 Å². The molecule has 0 heterocycles. The Hall–Kier alpha value is -0.440. The Balaban J connectivity index is 3.03. The van der Waals surface area contributed by atoms with Gasteiger partial charge in [-0.3, -0.25) is 4.79 Å². The zero-order valence-corrected chi connectivity index (χ0v) is 11.5. The van der Waals surface area contributed by atoms with Crippen LogP contribution in [0, 0.1) is 5.41 Å². The zero-order chi connectivity index (χ0) is 12.5. The molecule has 2 nitrogen and oxygen atoms in total. The molecule has 0 atom stereocenters. The Morgan fingerprint density at radius 3 is 2.25 bits per heavy atom. The quantitative estimate of drug-likeness (QED) is 0.747. The molecule has 0 aromatic heterocycles. The first-order valence-corrected chi connectivity index (χ1v) is 5.81. The molecule has 16 heavy (non-hydrogen) atoms. The van der Waals surface area contributed by atoms with Gasteiger partial charge in [-0.2, -0.15) is 0 Å². The highest BCUT2D eigenvalue weighted by Crippen LogP contribution is 2.34. The Morgan fingerprint density at radius 2 is 1.75 bits per heavy atom. The number of benzene rings is 1. The molecule has 1 N–H and O–H groups in total. The first-order chi connectivity index (χ1) is 7.21. The summed E-state index contributed by atoms with van der Waals surface area (Å²) in [5, 5.41) is 3.73. The molecule has 0 aliphatic carbocycles. The summed E-state index contributed by atoms with van der Waals surface area (Å²) >= 11 is 17.6. The average molecular weight is 281 g/mol. The van der Waals surface area contributed by atoms with Crippen molar-refractivity contribution >= 4 is 46.4 Å². The molecule has 0 spiro atoms. The van der Waals surface area contributed by atoms with E-state index in [0.29, 0.717) is 20.8 Å². The lowest BCUT2D eigenvalue weighted by Gasteiger charge is -2.18. The molecule has 88 valence electrons. The standard InChI is InChI=1S/C11H12Cl3NO/c1-11(2,3)10(16)15-8-5-6(12)4-7(13)9(8)14/h4-5H,1-3H3,(H,15,16). The number of rotatable bonds is 1. The van der Waals surface area contributed by atoms with E-state index in [4.69, 9.17) is 34.8 Å². The second kappa shape index (κ2) is 4.82. The van der Waals surface area contributed by atoms with E-state index in [1.807, 2.05) is 20.8 Å². The SMILES string of the molecule is CC(C)(C)C(=O)Nc1cc(Cl)cc(Cl)c1Cl. The summed E-state index contributed by atoms with van der Waals surface area (Å²) in [7, 11) is 0. The highest BCUT2D eigenvalue weighted by atomic mass is 35.5. The van der Waals surface area contributed by atoms with Crippen LogP contribution in [0.15, 0.2) is 12.1 Å². The first kappa shape index (κ1) is 13.6. The van der Waals surface area contributed by atoms with E-state index >= 15 is 0 Å². The van der Waals surface area contributed by atoms with Gasteiger partial charge < -0.3 is 5.32 Å². The molecular weight excluding hydrogens is 268 g/mol. The van der Waals surface area contributed by atoms with Gasteiger partial charge in [0.15, 0.2) is 0 Å². The van der Waals surface area contributed by atoms with Gasteiger partial charge in [0.1, 0.15) is 0 Å². The topological polar surface area (TPSA) is 29.1 Å². The molecule has 0 aliphatic heterocycles. The van der Waals surface area contributed by atoms with Gasteiger partial charge in [-0.15, -0.1) is 0 Å². The summed E-state index contributed by atoms with van der Waals surface area (Å²) in [6.07, 6.45) is 0. The number of amides is 1. The van der Waals surface area contributed by atoms with Gasteiger partial charge in [-0.25, -0.2) is 0 Å². The number of hydrogen-bond donors (Lipinski definition) is 1. The van der Waals surface area contributed by atoms with E-state index in [9.17, 15) is 4.79 Å². The van der Waals surface area contributed by atoms with E-state index in [1.165, 1.54) is 6.07 Å². The number of nitrogens with one attached hydrogen (secondary N) is 1. The van der Waals surface area contributed by atoms with E-state index in [-0.39, 0.29) is 5.91 Å². The summed E-state index contributed by atoms with van der Waals surface area (Å²) in [6, 6.07) is 3.09. The molecule has 0 fully saturated rings.